The molecule has 2 N–H and O–H groups in total. The number of hydrogen-bond donors (Lipinski definition) is 2. The summed E-state index contributed by atoms with van der Waals surface area (Å²) in [6, 6.07) is 24.5. The average molecular weight is 663 g/mol. The van der Waals surface area contributed by atoms with Crippen LogP contribution >= 0.6 is 11.3 Å². The largest absolute Gasteiger partial charge is 0.493 e. The van der Waals surface area contributed by atoms with Crippen LogP contribution in [0.5, 0.6) is 11.5 Å². The second-order valence-corrected chi connectivity index (χ2v) is 12.4. The standard InChI is InChI=1S/C36H34N6O5S/c1-46-35-20-26(4-11-34(35)47-21-27-22-48-23-37-27)25-3-9-30-32(19-25)38-31-10-2-24(18-33(31)39-36(30)43)12-13-40-14-16-41(17-15-40)28-5-7-29(8-6-28)42(44)45/h2-11,18-20,22-23,38H,12-17,21H2,1H3,(H,39,43). The van der Waals surface area contributed by atoms with Gasteiger partial charge in [-0.3, -0.25) is 19.8 Å². The molecule has 0 bridgehead atoms. The average Bonchev–Trinajstić information content (AvgIpc) is 3.60. The molecule has 244 valence electrons. The van der Waals surface area contributed by atoms with Gasteiger partial charge in [-0.15, -0.1) is 11.3 Å². The Balaban J connectivity index is 0.990. The van der Waals surface area contributed by atoms with Gasteiger partial charge in [-0.1, -0.05) is 18.2 Å². The molecule has 0 spiro atoms. The number of nitrogens with one attached hydrogen (secondary N) is 2. The van der Waals surface area contributed by atoms with Crippen LogP contribution in [0.15, 0.2) is 89.8 Å². The zero-order valence-electron chi connectivity index (χ0n) is 26.3. The van der Waals surface area contributed by atoms with Crippen LogP contribution in [0, 0.1) is 10.1 Å². The van der Waals surface area contributed by atoms with Gasteiger partial charge in [0.05, 0.1) is 45.9 Å². The van der Waals surface area contributed by atoms with Crippen LogP contribution in [0.1, 0.15) is 21.6 Å². The Morgan fingerprint density at radius 3 is 2.42 bits per heavy atom. The first kappa shape index (κ1) is 31.2. The first-order valence-corrected chi connectivity index (χ1v) is 16.6. The number of amides is 1. The van der Waals surface area contributed by atoms with Crippen molar-refractivity contribution in [3.05, 3.63) is 117 Å². The number of rotatable bonds is 10. The fourth-order valence-corrected chi connectivity index (χ4v) is 6.59. The number of ether oxygens (including phenoxy) is 2. The van der Waals surface area contributed by atoms with Gasteiger partial charge in [-0.25, -0.2) is 4.98 Å². The van der Waals surface area contributed by atoms with Gasteiger partial charge in [-0.2, -0.15) is 0 Å². The summed E-state index contributed by atoms with van der Waals surface area (Å²) in [5.41, 5.74) is 9.66. The van der Waals surface area contributed by atoms with Crippen molar-refractivity contribution in [1.29, 1.82) is 0 Å². The van der Waals surface area contributed by atoms with Gasteiger partial charge < -0.3 is 25.0 Å². The first-order chi connectivity index (χ1) is 23.4. The van der Waals surface area contributed by atoms with Crippen LogP contribution in [-0.2, 0) is 13.0 Å². The summed E-state index contributed by atoms with van der Waals surface area (Å²) < 4.78 is 11.6. The van der Waals surface area contributed by atoms with Gasteiger partial charge in [0.15, 0.2) is 11.5 Å². The number of aromatic nitrogens is 1. The third kappa shape index (κ3) is 6.80. The van der Waals surface area contributed by atoms with Crippen LogP contribution in [0.2, 0.25) is 0 Å². The van der Waals surface area contributed by atoms with Crippen molar-refractivity contribution in [2.24, 2.45) is 0 Å². The summed E-state index contributed by atoms with van der Waals surface area (Å²) in [6.07, 6.45) is 0.850. The maximum Gasteiger partial charge on any atom is 0.269 e. The molecule has 12 heteroatoms. The number of methoxy groups -OCH3 is 1. The number of fused-ring (bicyclic) bond motifs is 2. The molecular formula is C36H34N6O5S. The van der Waals surface area contributed by atoms with Crippen LogP contribution < -0.4 is 25.0 Å². The minimum atomic E-state index is -0.373. The molecule has 3 heterocycles. The number of non-ortho nitro benzene ring substituents is 1. The third-order valence-corrected chi connectivity index (χ3v) is 9.37. The van der Waals surface area contributed by atoms with E-state index in [-0.39, 0.29) is 16.5 Å². The van der Waals surface area contributed by atoms with Gasteiger partial charge >= 0.3 is 0 Å². The van der Waals surface area contributed by atoms with E-state index in [0.29, 0.717) is 23.7 Å². The maximum absolute atomic E-state index is 13.3. The number of anilines is 4. The fourth-order valence-electron chi connectivity index (χ4n) is 6.05. The van der Waals surface area contributed by atoms with Gasteiger partial charge in [0.25, 0.3) is 11.6 Å². The monoisotopic (exact) mass is 662 g/mol. The highest BCUT2D eigenvalue weighted by atomic mass is 32.1. The van der Waals surface area contributed by atoms with E-state index in [0.717, 1.165) is 84.3 Å². The smallest absolute Gasteiger partial charge is 0.269 e. The summed E-state index contributed by atoms with van der Waals surface area (Å²) in [5.74, 6) is 1.09. The van der Waals surface area contributed by atoms with Crippen molar-refractivity contribution >= 4 is 45.7 Å². The van der Waals surface area contributed by atoms with E-state index >= 15 is 0 Å². The normalized spacial score (nSPS) is 14.3. The summed E-state index contributed by atoms with van der Waals surface area (Å²) >= 11 is 1.53. The molecule has 7 rings (SSSR count). The Morgan fingerprint density at radius 1 is 0.875 bits per heavy atom. The van der Waals surface area contributed by atoms with Crippen molar-refractivity contribution in [2.45, 2.75) is 13.0 Å². The number of hydrogen-bond acceptors (Lipinski definition) is 10. The predicted octanol–water partition coefficient (Wildman–Crippen LogP) is 6.98. The second-order valence-electron chi connectivity index (χ2n) is 11.7. The second kappa shape index (κ2) is 13.7. The predicted molar refractivity (Wildman–Crippen MR) is 188 cm³/mol. The van der Waals surface area contributed by atoms with E-state index in [1.165, 1.54) is 11.3 Å². The Hall–Kier alpha value is -5.46. The lowest BCUT2D eigenvalue weighted by Crippen LogP contribution is -2.47. The van der Waals surface area contributed by atoms with E-state index in [2.05, 4.69) is 37.6 Å². The van der Waals surface area contributed by atoms with E-state index in [1.807, 2.05) is 60.0 Å². The molecule has 0 atom stereocenters. The molecule has 2 aliphatic rings. The molecule has 0 unspecified atom stereocenters. The van der Waals surface area contributed by atoms with Gasteiger partial charge in [-0.05, 0) is 71.6 Å². The zero-order chi connectivity index (χ0) is 33.0. The van der Waals surface area contributed by atoms with E-state index in [4.69, 9.17) is 9.47 Å². The lowest BCUT2D eigenvalue weighted by atomic mass is 10.0. The molecule has 1 fully saturated rings. The number of nitrogens with zero attached hydrogens (tertiary/aromatic N) is 4. The molecule has 2 aliphatic heterocycles. The van der Waals surface area contributed by atoms with E-state index < -0.39 is 0 Å². The van der Waals surface area contributed by atoms with Crippen LogP contribution in [0.25, 0.3) is 11.1 Å². The number of benzene rings is 4. The Morgan fingerprint density at radius 2 is 1.67 bits per heavy atom. The quantitative estimate of drug-likeness (QED) is 0.120. The Kier molecular flexibility index (Phi) is 8.91. The van der Waals surface area contributed by atoms with Crippen LogP contribution in [-0.4, -0.2) is 60.5 Å². The van der Waals surface area contributed by atoms with Crippen molar-refractivity contribution in [2.75, 3.05) is 55.4 Å². The Bertz CT molecular complexity index is 1940. The SMILES string of the molecule is COc1cc(-c2ccc3c(c2)Nc2ccc(CCN4CCN(c5ccc([N+](=O)[O-])cc5)CC4)cc2NC3=O)ccc1OCc1cscn1. The van der Waals surface area contributed by atoms with Gasteiger partial charge in [0.2, 0.25) is 0 Å². The third-order valence-electron chi connectivity index (χ3n) is 8.74. The molecule has 0 radical (unpaired) electrons. The number of nitro benzene ring substituents is 1. The number of nitro groups is 1. The molecule has 0 aliphatic carbocycles. The molecule has 1 amide bonds. The molecule has 1 saturated heterocycles. The number of carbonyl (C=O) groups is 1. The first-order valence-electron chi connectivity index (χ1n) is 15.7. The summed E-state index contributed by atoms with van der Waals surface area (Å²) in [7, 11) is 1.62. The summed E-state index contributed by atoms with van der Waals surface area (Å²) in [6.45, 7) is 4.80. The highest BCUT2D eigenvalue weighted by Crippen LogP contribution is 2.38. The molecule has 5 aromatic rings. The van der Waals surface area contributed by atoms with Crippen LogP contribution in [0.4, 0.5) is 28.4 Å². The number of carbonyl (C=O) groups excluding carboxylic acids is 1. The summed E-state index contributed by atoms with van der Waals surface area (Å²) in [4.78, 5) is 32.9. The lowest BCUT2D eigenvalue weighted by molar-refractivity contribution is -0.384. The molecule has 1 aromatic heterocycles. The van der Waals surface area contributed by atoms with Gasteiger partial charge in [0.1, 0.15) is 6.61 Å². The molecule has 11 nitrogen and oxygen atoms in total. The van der Waals surface area contributed by atoms with Crippen molar-refractivity contribution < 1.29 is 19.2 Å². The highest BCUT2D eigenvalue weighted by molar-refractivity contribution is 7.07. The minimum absolute atomic E-state index is 0.107. The molecular weight excluding hydrogens is 629 g/mol. The molecule has 4 aromatic carbocycles. The number of thiazole rings is 1. The minimum Gasteiger partial charge on any atom is -0.493 e. The van der Waals surface area contributed by atoms with Gasteiger partial charge in [0, 0.05) is 55.9 Å². The topological polar surface area (TPSA) is 122 Å². The Labute approximate surface area is 281 Å². The van der Waals surface area contributed by atoms with E-state index in [1.54, 1.807) is 24.8 Å². The highest BCUT2D eigenvalue weighted by Gasteiger charge is 2.22. The molecule has 48 heavy (non-hydrogen) atoms. The van der Waals surface area contributed by atoms with Crippen LogP contribution in [0.3, 0.4) is 0 Å². The maximum atomic E-state index is 13.3. The lowest BCUT2D eigenvalue weighted by Gasteiger charge is -2.36. The molecule has 0 saturated carbocycles. The van der Waals surface area contributed by atoms with E-state index in [9.17, 15) is 14.9 Å². The zero-order valence-corrected chi connectivity index (χ0v) is 27.2. The summed E-state index contributed by atoms with van der Waals surface area (Å²) in [5, 5.41) is 19.5. The van der Waals surface area contributed by atoms with Crippen molar-refractivity contribution in [3.8, 4) is 22.6 Å². The van der Waals surface area contributed by atoms with Crippen molar-refractivity contribution in [3.63, 3.8) is 0 Å². The van der Waals surface area contributed by atoms with Crippen molar-refractivity contribution in [1.82, 2.24) is 9.88 Å². The number of piperazine rings is 1. The fraction of sp³-hybridized carbons (Fsp3) is 0.222.